The smallest absolute Gasteiger partial charge is 0.246 e. The molecule has 0 aromatic rings. The first-order valence-electron chi connectivity index (χ1n) is 31.2. The third kappa shape index (κ3) is 19.7. The molecule has 0 aromatic heterocycles. The van der Waals surface area contributed by atoms with Crippen molar-refractivity contribution < 1.29 is 57.5 Å². The standard InChI is InChI=1S/C63H112N10O12/c1-25-43-58(79)67(18)44(26-2)59(80)68(19)46(30-35(5)6)55(76)66-50(38(11)12)62(83)69(20)45(29-34(3)4)54(75)64-42(17)49(74)33-41(16)57(78)70(21)47(31-36(7)8)60(81)71(22)48(32-37(9)10)61(82)72(23)51(39(13)14)63(84)73(24)52(56(77)65-43)53-40(15)27-28-85-53/h34-48,50-53H,25-33H2,1-24H3,(H,64,75)(H,65,77)(H,66,76)/t40-,41-,42-,43-,44-,45-,46+,47-,48-,50-,51-,52-,53-/m1/s1. The molecule has 2 rings (SSSR count). The quantitative estimate of drug-likeness (QED) is 0.229. The van der Waals surface area contributed by atoms with Crippen LogP contribution in [0.3, 0.4) is 0 Å². The number of nitrogens with zero attached hydrogens (tertiary/aromatic N) is 7. The molecular formula is C63H112N10O12. The lowest BCUT2D eigenvalue weighted by molar-refractivity contribution is -0.157. The highest BCUT2D eigenvalue weighted by atomic mass is 16.5. The van der Waals surface area contributed by atoms with E-state index in [9.17, 15) is 43.2 Å². The zero-order chi connectivity index (χ0) is 65.6. The van der Waals surface area contributed by atoms with E-state index in [1.807, 2.05) is 62.3 Å². The first-order chi connectivity index (χ1) is 39.3. The molecule has 2 saturated heterocycles. The third-order valence-corrected chi connectivity index (χ3v) is 17.2. The number of Topliss-reactive ketones (excluding diaryl/α,β-unsaturated/α-hetero) is 1. The Labute approximate surface area is 509 Å². The number of rotatable bonds is 13. The number of likely N-dealkylation sites (N-methyl/N-ethyl adjacent to an activating group) is 7. The number of carbonyl (C=O) groups is 11. The summed E-state index contributed by atoms with van der Waals surface area (Å²) < 4.78 is 6.20. The van der Waals surface area contributed by atoms with Crippen LogP contribution in [0.25, 0.3) is 0 Å². The van der Waals surface area contributed by atoms with Gasteiger partial charge in [0.25, 0.3) is 0 Å². The minimum absolute atomic E-state index is 0.0887. The van der Waals surface area contributed by atoms with Crippen molar-refractivity contribution in [3.05, 3.63) is 0 Å². The molecule has 486 valence electrons. The molecule has 22 nitrogen and oxygen atoms in total. The second-order valence-corrected chi connectivity index (χ2v) is 26.9. The van der Waals surface area contributed by atoms with Crippen molar-refractivity contribution in [3.8, 4) is 0 Å². The Hall–Kier alpha value is -5.67. The Bertz CT molecular complexity index is 2330. The fourth-order valence-corrected chi connectivity index (χ4v) is 11.8. The molecule has 0 aromatic carbocycles. The summed E-state index contributed by atoms with van der Waals surface area (Å²) in [7, 11) is 10.4. The van der Waals surface area contributed by atoms with Crippen molar-refractivity contribution in [1.29, 1.82) is 0 Å². The Morgan fingerprint density at radius 3 is 1.27 bits per heavy atom. The summed E-state index contributed by atoms with van der Waals surface area (Å²) in [6.07, 6.45) is 0.444. The van der Waals surface area contributed by atoms with Crippen LogP contribution in [-0.4, -0.2) is 222 Å². The average molecular weight is 1200 g/mol. The van der Waals surface area contributed by atoms with E-state index >= 15 is 9.59 Å². The van der Waals surface area contributed by atoms with Crippen LogP contribution in [0.2, 0.25) is 0 Å². The lowest BCUT2D eigenvalue weighted by Gasteiger charge is -2.41. The topological polar surface area (TPSA) is 256 Å². The maximum Gasteiger partial charge on any atom is 0.246 e. The zero-order valence-electron chi connectivity index (χ0n) is 56.4. The fraction of sp³-hybridized carbons (Fsp3) is 0.825. The van der Waals surface area contributed by atoms with Gasteiger partial charge in [-0.1, -0.05) is 111 Å². The van der Waals surface area contributed by atoms with E-state index in [-0.39, 0.29) is 74.5 Å². The molecule has 0 aliphatic carbocycles. The second kappa shape index (κ2) is 33.5. The van der Waals surface area contributed by atoms with Crippen LogP contribution in [0.5, 0.6) is 0 Å². The largest absolute Gasteiger partial charge is 0.375 e. The molecule has 2 aliphatic rings. The van der Waals surface area contributed by atoms with E-state index in [4.69, 9.17) is 4.74 Å². The van der Waals surface area contributed by atoms with Gasteiger partial charge in [0, 0.05) is 68.3 Å². The first-order valence-corrected chi connectivity index (χ1v) is 31.2. The van der Waals surface area contributed by atoms with Gasteiger partial charge in [-0.2, -0.15) is 0 Å². The van der Waals surface area contributed by atoms with Gasteiger partial charge in [-0.25, -0.2) is 0 Å². The SMILES string of the molecule is CC[C@@H]1C(=O)N(C)[C@@H](CC(C)C)C(=O)N[C@H](C(C)C)C(=O)N(C)[C@H](CC(C)C)C(=O)N[C@H](C)C(=O)C[C@@H](C)C(=O)N(C)[C@H](CC(C)C)C(=O)N(C)[C@H](CC(C)C)C(=O)N(C)[C@H](C(C)C)C(=O)N(C)[C@H]([C@@H]2OCC[C@H]2C)C(=O)N[C@H](CC)C(=O)N1C. The highest BCUT2D eigenvalue weighted by molar-refractivity contribution is 6.00. The van der Waals surface area contributed by atoms with Crippen LogP contribution >= 0.6 is 0 Å². The molecule has 10 amide bonds. The maximum absolute atomic E-state index is 15.2. The first kappa shape index (κ1) is 75.4. The van der Waals surface area contributed by atoms with Gasteiger partial charge in [-0.05, 0) is 93.3 Å². The van der Waals surface area contributed by atoms with E-state index in [0.29, 0.717) is 13.0 Å². The molecule has 2 heterocycles. The van der Waals surface area contributed by atoms with E-state index in [1.165, 1.54) is 90.6 Å². The summed E-state index contributed by atoms with van der Waals surface area (Å²) in [4.78, 5) is 171. The molecule has 0 saturated carbocycles. The van der Waals surface area contributed by atoms with Crippen LogP contribution in [-0.2, 0) is 57.5 Å². The van der Waals surface area contributed by atoms with Crippen molar-refractivity contribution >= 4 is 64.9 Å². The maximum atomic E-state index is 15.2. The molecule has 13 atom stereocenters. The number of nitrogens with one attached hydrogen (secondary N) is 3. The van der Waals surface area contributed by atoms with Crippen LogP contribution in [0.4, 0.5) is 0 Å². The molecule has 2 aliphatic heterocycles. The Kier molecular flexibility index (Phi) is 29.7. The van der Waals surface area contributed by atoms with E-state index in [2.05, 4.69) is 16.0 Å². The predicted octanol–water partition coefficient (Wildman–Crippen LogP) is 4.60. The molecule has 0 bridgehead atoms. The summed E-state index contributed by atoms with van der Waals surface area (Å²) in [5.41, 5.74) is 0. The molecule has 0 radical (unpaired) electrons. The highest BCUT2D eigenvalue weighted by Gasteiger charge is 2.47. The number of ether oxygens (including phenoxy) is 1. The number of hydrogen-bond acceptors (Lipinski definition) is 12. The lowest BCUT2D eigenvalue weighted by Crippen LogP contribution is -2.63. The Balaban J connectivity index is 2.98. The molecule has 0 unspecified atom stereocenters. The zero-order valence-corrected chi connectivity index (χ0v) is 56.4. The number of carbonyl (C=O) groups excluding carboxylic acids is 11. The fourth-order valence-electron chi connectivity index (χ4n) is 11.8. The van der Waals surface area contributed by atoms with Gasteiger partial charge >= 0.3 is 0 Å². The normalized spacial score (nSPS) is 29.7. The summed E-state index contributed by atoms with van der Waals surface area (Å²) in [5, 5.41) is 8.59. The minimum Gasteiger partial charge on any atom is -0.375 e. The predicted molar refractivity (Wildman–Crippen MR) is 328 cm³/mol. The second-order valence-electron chi connectivity index (χ2n) is 26.9. The van der Waals surface area contributed by atoms with Gasteiger partial charge in [-0.3, -0.25) is 52.7 Å². The highest BCUT2D eigenvalue weighted by Crippen LogP contribution is 2.29. The van der Waals surface area contributed by atoms with Crippen LogP contribution in [0.1, 0.15) is 169 Å². The van der Waals surface area contributed by atoms with Gasteiger partial charge in [0.05, 0.1) is 12.1 Å². The number of hydrogen-bond donors (Lipinski definition) is 3. The number of amides is 10. The van der Waals surface area contributed by atoms with Crippen molar-refractivity contribution in [2.45, 2.75) is 236 Å². The van der Waals surface area contributed by atoms with Gasteiger partial charge in [-0.15, -0.1) is 0 Å². The molecular weight excluding hydrogens is 1090 g/mol. The van der Waals surface area contributed by atoms with Crippen molar-refractivity contribution in [3.63, 3.8) is 0 Å². The Morgan fingerprint density at radius 1 is 0.435 bits per heavy atom. The van der Waals surface area contributed by atoms with Crippen LogP contribution in [0.15, 0.2) is 0 Å². The summed E-state index contributed by atoms with van der Waals surface area (Å²) in [6.45, 7) is 30.9. The van der Waals surface area contributed by atoms with Crippen LogP contribution < -0.4 is 16.0 Å². The van der Waals surface area contributed by atoms with E-state index in [1.54, 1.807) is 48.5 Å². The Morgan fingerprint density at radius 2 is 0.847 bits per heavy atom. The molecule has 22 heteroatoms. The molecule has 0 spiro atoms. The van der Waals surface area contributed by atoms with Crippen molar-refractivity contribution in [2.24, 2.45) is 47.3 Å². The molecule has 3 N–H and O–H groups in total. The third-order valence-electron chi connectivity index (χ3n) is 17.2. The van der Waals surface area contributed by atoms with E-state index in [0.717, 1.165) is 0 Å². The molecule has 85 heavy (non-hydrogen) atoms. The minimum atomic E-state index is -1.29. The average Bonchev–Trinajstić information content (AvgIpc) is 4.00. The van der Waals surface area contributed by atoms with Gasteiger partial charge < -0.3 is 55.0 Å². The summed E-state index contributed by atoms with van der Waals surface area (Å²) in [5.74, 6) is -8.96. The van der Waals surface area contributed by atoms with Crippen molar-refractivity contribution in [1.82, 2.24) is 50.2 Å². The van der Waals surface area contributed by atoms with Gasteiger partial charge in [0.2, 0.25) is 59.1 Å². The lowest BCUT2D eigenvalue weighted by atomic mass is 9.93. The summed E-state index contributed by atoms with van der Waals surface area (Å²) in [6, 6.07) is -11.4. The monoisotopic (exact) mass is 1200 g/mol. The van der Waals surface area contributed by atoms with Gasteiger partial charge in [0.15, 0.2) is 5.78 Å². The summed E-state index contributed by atoms with van der Waals surface area (Å²) >= 11 is 0. The van der Waals surface area contributed by atoms with Crippen LogP contribution in [0, 0.1) is 47.3 Å². The van der Waals surface area contributed by atoms with Gasteiger partial charge in [0.1, 0.15) is 54.4 Å². The number of ketones is 1. The van der Waals surface area contributed by atoms with E-state index < -0.39 is 149 Å². The van der Waals surface area contributed by atoms with Crippen molar-refractivity contribution in [2.75, 3.05) is 55.9 Å². The molecule has 2 fully saturated rings.